The molecule has 0 spiro atoms. The lowest BCUT2D eigenvalue weighted by molar-refractivity contribution is -0.115. The molecular weight excluding hydrogens is 398 g/mol. The van der Waals surface area contributed by atoms with Gasteiger partial charge >= 0.3 is 5.97 Å². The molecule has 1 aromatic heterocycles. The summed E-state index contributed by atoms with van der Waals surface area (Å²) in [5.41, 5.74) is 1.84. The number of esters is 1. The van der Waals surface area contributed by atoms with Gasteiger partial charge in [0.15, 0.2) is 0 Å². The van der Waals surface area contributed by atoms with E-state index in [0.29, 0.717) is 16.3 Å². The van der Waals surface area contributed by atoms with Crippen molar-refractivity contribution < 1.29 is 19.1 Å². The maximum atomic E-state index is 12.7. The maximum absolute atomic E-state index is 12.7. The summed E-state index contributed by atoms with van der Waals surface area (Å²) in [4.78, 5) is 25.0. The smallest absolute Gasteiger partial charge is 0.341 e. The summed E-state index contributed by atoms with van der Waals surface area (Å²) < 4.78 is 10.8. The zero-order chi connectivity index (χ0) is 21.7. The predicted octanol–water partition coefficient (Wildman–Crippen LogP) is 5.81. The molecule has 3 rings (SSSR count). The third-order valence-corrected chi connectivity index (χ3v) is 5.38. The number of amides is 1. The van der Waals surface area contributed by atoms with Crippen LogP contribution < -0.4 is 10.1 Å². The van der Waals surface area contributed by atoms with E-state index < -0.39 is 5.97 Å². The summed E-state index contributed by atoms with van der Waals surface area (Å²) in [6.07, 6.45) is 0.162. The lowest BCUT2D eigenvalue weighted by atomic mass is 9.86. The van der Waals surface area contributed by atoms with Gasteiger partial charge in [-0.3, -0.25) is 4.79 Å². The van der Waals surface area contributed by atoms with Gasteiger partial charge < -0.3 is 14.8 Å². The van der Waals surface area contributed by atoms with Crippen molar-refractivity contribution in [1.29, 1.82) is 0 Å². The second-order valence-corrected chi connectivity index (χ2v) is 8.76. The van der Waals surface area contributed by atoms with Crippen molar-refractivity contribution in [1.82, 2.24) is 0 Å². The molecule has 1 amide bonds. The zero-order valence-corrected chi connectivity index (χ0v) is 18.3. The highest BCUT2D eigenvalue weighted by molar-refractivity contribution is 7.15. The number of carbonyl (C=O) groups is 2. The van der Waals surface area contributed by atoms with Crippen molar-refractivity contribution in [2.45, 2.75) is 32.6 Å². The van der Waals surface area contributed by atoms with Crippen LogP contribution in [0.4, 0.5) is 5.00 Å². The minimum Gasteiger partial charge on any atom is -0.465 e. The van der Waals surface area contributed by atoms with Crippen molar-refractivity contribution in [3.63, 3.8) is 0 Å². The SMILES string of the molecule is COC(=O)c1c(C(C)(C)C)csc1NC(=O)Cc1cccc(Oc2ccccc2)c1. The average Bonchev–Trinajstić information content (AvgIpc) is 3.12. The molecule has 0 saturated heterocycles. The molecule has 0 aliphatic rings. The number of thiophene rings is 1. The van der Waals surface area contributed by atoms with Crippen LogP contribution in [0.3, 0.4) is 0 Å². The van der Waals surface area contributed by atoms with Gasteiger partial charge in [0.25, 0.3) is 0 Å². The Morgan fingerprint density at radius 1 is 1.00 bits per heavy atom. The second-order valence-electron chi connectivity index (χ2n) is 7.88. The minimum atomic E-state index is -0.449. The third-order valence-electron chi connectivity index (χ3n) is 4.48. The van der Waals surface area contributed by atoms with E-state index >= 15 is 0 Å². The Morgan fingerprint density at radius 2 is 1.70 bits per heavy atom. The van der Waals surface area contributed by atoms with E-state index in [2.05, 4.69) is 5.32 Å². The number of methoxy groups -OCH3 is 1. The Bertz CT molecular complexity index is 1030. The Kier molecular flexibility index (Phi) is 6.57. The molecule has 0 atom stereocenters. The Hall–Kier alpha value is -3.12. The number of hydrogen-bond donors (Lipinski definition) is 1. The number of ether oxygens (including phenoxy) is 2. The van der Waals surface area contributed by atoms with Crippen LogP contribution in [0.25, 0.3) is 0 Å². The molecule has 0 aliphatic carbocycles. The van der Waals surface area contributed by atoms with E-state index in [9.17, 15) is 9.59 Å². The summed E-state index contributed by atoms with van der Waals surface area (Å²) in [5.74, 6) is 0.733. The molecule has 2 aromatic carbocycles. The molecule has 0 bridgehead atoms. The van der Waals surface area contributed by atoms with Gasteiger partial charge in [0.2, 0.25) is 5.91 Å². The van der Waals surface area contributed by atoms with Crippen LogP contribution in [0.5, 0.6) is 11.5 Å². The first-order valence-electron chi connectivity index (χ1n) is 9.60. The molecule has 30 heavy (non-hydrogen) atoms. The largest absolute Gasteiger partial charge is 0.465 e. The topological polar surface area (TPSA) is 64.6 Å². The van der Waals surface area contributed by atoms with Gasteiger partial charge in [-0.05, 0) is 46.2 Å². The lowest BCUT2D eigenvalue weighted by Gasteiger charge is -2.19. The molecule has 6 heteroatoms. The lowest BCUT2D eigenvalue weighted by Crippen LogP contribution is -2.19. The van der Waals surface area contributed by atoms with E-state index in [4.69, 9.17) is 9.47 Å². The van der Waals surface area contributed by atoms with Crippen LogP contribution in [-0.2, 0) is 21.4 Å². The molecule has 3 aromatic rings. The number of benzene rings is 2. The number of hydrogen-bond acceptors (Lipinski definition) is 5. The minimum absolute atomic E-state index is 0.162. The highest BCUT2D eigenvalue weighted by Crippen LogP contribution is 2.36. The fraction of sp³-hybridized carbons (Fsp3) is 0.250. The molecule has 0 saturated carbocycles. The Morgan fingerprint density at radius 3 is 2.37 bits per heavy atom. The van der Waals surface area contributed by atoms with E-state index in [-0.39, 0.29) is 17.7 Å². The van der Waals surface area contributed by atoms with Crippen LogP contribution in [-0.4, -0.2) is 19.0 Å². The number of rotatable bonds is 6. The monoisotopic (exact) mass is 423 g/mol. The Balaban J connectivity index is 1.74. The van der Waals surface area contributed by atoms with Crippen molar-refractivity contribution in [2.24, 2.45) is 0 Å². The van der Waals surface area contributed by atoms with E-state index in [1.54, 1.807) is 0 Å². The summed E-state index contributed by atoms with van der Waals surface area (Å²) in [6.45, 7) is 6.06. The zero-order valence-electron chi connectivity index (χ0n) is 17.5. The summed E-state index contributed by atoms with van der Waals surface area (Å²) in [6, 6.07) is 16.9. The van der Waals surface area contributed by atoms with E-state index in [0.717, 1.165) is 16.9 Å². The fourth-order valence-electron chi connectivity index (χ4n) is 3.01. The summed E-state index contributed by atoms with van der Waals surface area (Å²) in [5, 5.41) is 5.28. The van der Waals surface area contributed by atoms with Crippen LogP contribution in [0.1, 0.15) is 42.3 Å². The second kappa shape index (κ2) is 9.13. The van der Waals surface area contributed by atoms with Gasteiger partial charge in [-0.2, -0.15) is 0 Å². The maximum Gasteiger partial charge on any atom is 0.341 e. The van der Waals surface area contributed by atoms with Crippen molar-refractivity contribution >= 4 is 28.2 Å². The highest BCUT2D eigenvalue weighted by Gasteiger charge is 2.28. The number of anilines is 1. The van der Waals surface area contributed by atoms with Gasteiger partial charge in [-0.25, -0.2) is 4.79 Å². The molecule has 0 unspecified atom stereocenters. The van der Waals surface area contributed by atoms with Crippen molar-refractivity contribution in [3.05, 3.63) is 76.7 Å². The quantitative estimate of drug-likeness (QED) is 0.509. The van der Waals surface area contributed by atoms with Crippen molar-refractivity contribution in [3.8, 4) is 11.5 Å². The molecule has 156 valence electrons. The number of carbonyl (C=O) groups excluding carboxylic acids is 2. The third kappa shape index (κ3) is 5.27. The first-order chi connectivity index (χ1) is 14.3. The molecule has 5 nitrogen and oxygen atoms in total. The molecular formula is C24H25NO4S. The number of nitrogens with one attached hydrogen (secondary N) is 1. The van der Waals surface area contributed by atoms with Gasteiger partial charge in [0.05, 0.1) is 19.1 Å². The van der Waals surface area contributed by atoms with Crippen LogP contribution in [0.15, 0.2) is 60.0 Å². The van der Waals surface area contributed by atoms with Gasteiger partial charge in [-0.15, -0.1) is 11.3 Å². The average molecular weight is 424 g/mol. The molecule has 0 fully saturated rings. The normalized spacial score (nSPS) is 11.1. The standard InChI is InChI=1S/C24H25NO4S/c1-24(2,3)19-15-30-22(21(19)23(27)28-4)25-20(26)14-16-9-8-12-18(13-16)29-17-10-6-5-7-11-17/h5-13,15H,14H2,1-4H3,(H,25,26). The summed E-state index contributed by atoms with van der Waals surface area (Å²) >= 11 is 1.33. The van der Waals surface area contributed by atoms with E-state index in [1.165, 1.54) is 18.4 Å². The van der Waals surface area contributed by atoms with Crippen molar-refractivity contribution in [2.75, 3.05) is 12.4 Å². The summed E-state index contributed by atoms with van der Waals surface area (Å²) in [7, 11) is 1.34. The molecule has 0 aliphatic heterocycles. The first-order valence-corrected chi connectivity index (χ1v) is 10.5. The van der Waals surface area contributed by atoms with Crippen LogP contribution in [0.2, 0.25) is 0 Å². The number of para-hydroxylation sites is 1. The van der Waals surface area contributed by atoms with Gasteiger partial charge in [0.1, 0.15) is 16.5 Å². The Labute approximate surface area is 180 Å². The van der Waals surface area contributed by atoms with Gasteiger partial charge in [0, 0.05) is 0 Å². The molecule has 0 radical (unpaired) electrons. The van der Waals surface area contributed by atoms with Crippen LogP contribution >= 0.6 is 11.3 Å². The molecule has 1 heterocycles. The highest BCUT2D eigenvalue weighted by atomic mass is 32.1. The predicted molar refractivity (Wildman–Crippen MR) is 120 cm³/mol. The first kappa shape index (κ1) is 21.6. The fourth-order valence-corrected chi connectivity index (χ4v) is 4.20. The molecule has 1 N–H and O–H groups in total. The van der Waals surface area contributed by atoms with Gasteiger partial charge in [-0.1, -0.05) is 51.1 Å². The van der Waals surface area contributed by atoms with Crippen LogP contribution in [0, 0.1) is 0 Å². The van der Waals surface area contributed by atoms with E-state index in [1.807, 2.05) is 80.7 Å².